The molecular weight excluding hydrogens is 496 g/mol. The van der Waals surface area contributed by atoms with Gasteiger partial charge >= 0.3 is 0 Å². The molecule has 2 aromatic carbocycles. The van der Waals surface area contributed by atoms with Crippen LogP contribution in [0.2, 0.25) is 0 Å². The molecule has 0 saturated carbocycles. The lowest BCUT2D eigenvalue weighted by Crippen LogP contribution is -2.32. The minimum Gasteiger partial charge on any atom is -0.340 e. The maximum Gasteiger partial charge on any atom is 0.259 e. The zero-order valence-corrected chi connectivity index (χ0v) is 22.9. The third kappa shape index (κ3) is 5.24. The summed E-state index contributed by atoms with van der Waals surface area (Å²) in [5, 5.41) is 4.09. The molecule has 1 saturated heterocycles. The number of benzene rings is 2. The Morgan fingerprint density at radius 3 is 2.34 bits per heavy atom. The SMILES string of the molecule is CCN1CCC(c2ccc(Nc3nc(-c4ccc(S(=O)(=O)C(C)C)cc4)cc4cc[nH]c(=O)c34)cc2)CC1. The van der Waals surface area contributed by atoms with Crippen molar-refractivity contribution in [3.8, 4) is 11.3 Å². The summed E-state index contributed by atoms with van der Waals surface area (Å²) >= 11 is 0. The lowest BCUT2D eigenvalue weighted by molar-refractivity contribution is 0.222. The molecule has 1 aliphatic rings. The predicted octanol–water partition coefficient (Wildman–Crippen LogP) is 5.72. The molecule has 7 nitrogen and oxygen atoms in total. The molecule has 4 aromatic rings. The quantitative estimate of drug-likeness (QED) is 0.318. The van der Waals surface area contributed by atoms with Crippen LogP contribution in [0.5, 0.6) is 0 Å². The second-order valence-electron chi connectivity index (χ2n) is 10.2. The maximum absolute atomic E-state index is 12.8. The van der Waals surface area contributed by atoms with Crippen LogP contribution < -0.4 is 10.9 Å². The van der Waals surface area contributed by atoms with E-state index in [0.29, 0.717) is 22.8 Å². The highest BCUT2D eigenvalue weighted by atomic mass is 32.2. The molecule has 0 spiro atoms. The molecule has 0 atom stereocenters. The number of anilines is 2. The third-order valence-corrected chi connectivity index (χ3v) is 9.70. The summed E-state index contributed by atoms with van der Waals surface area (Å²) < 4.78 is 25.1. The Morgan fingerprint density at radius 2 is 1.71 bits per heavy atom. The van der Waals surface area contributed by atoms with E-state index in [4.69, 9.17) is 4.98 Å². The van der Waals surface area contributed by atoms with Gasteiger partial charge in [0.25, 0.3) is 5.56 Å². The number of sulfone groups is 1. The fraction of sp³-hybridized carbons (Fsp3) is 0.333. The first-order valence-electron chi connectivity index (χ1n) is 13.2. The van der Waals surface area contributed by atoms with Crippen molar-refractivity contribution in [3.05, 3.63) is 82.8 Å². The molecule has 1 fully saturated rings. The summed E-state index contributed by atoms with van der Waals surface area (Å²) in [6, 6.07) is 18.9. The lowest BCUT2D eigenvalue weighted by atomic mass is 9.89. The summed E-state index contributed by atoms with van der Waals surface area (Å²) in [4.78, 5) is 23.1. The molecule has 0 unspecified atom stereocenters. The molecule has 1 aliphatic heterocycles. The lowest BCUT2D eigenvalue weighted by Gasteiger charge is -2.31. The summed E-state index contributed by atoms with van der Waals surface area (Å²) in [6.45, 7) is 8.94. The van der Waals surface area contributed by atoms with Gasteiger partial charge < -0.3 is 15.2 Å². The number of pyridine rings is 2. The number of hydrogen-bond acceptors (Lipinski definition) is 6. The van der Waals surface area contributed by atoms with Gasteiger partial charge in [-0.25, -0.2) is 13.4 Å². The second-order valence-corrected chi connectivity index (χ2v) is 12.7. The molecule has 2 N–H and O–H groups in total. The Labute approximate surface area is 223 Å². The molecule has 2 aromatic heterocycles. The molecule has 198 valence electrons. The van der Waals surface area contributed by atoms with Gasteiger partial charge in [-0.15, -0.1) is 0 Å². The van der Waals surface area contributed by atoms with E-state index >= 15 is 0 Å². The Bertz CT molecular complexity index is 1590. The molecular formula is C30H34N4O3S. The summed E-state index contributed by atoms with van der Waals surface area (Å²) in [5.74, 6) is 1.03. The van der Waals surface area contributed by atoms with E-state index in [2.05, 4.69) is 34.3 Å². The zero-order chi connectivity index (χ0) is 26.9. The minimum atomic E-state index is -3.36. The number of likely N-dealkylation sites (tertiary alicyclic amines) is 1. The Kier molecular flexibility index (Phi) is 7.36. The Balaban J connectivity index is 1.45. The number of aromatic nitrogens is 2. The van der Waals surface area contributed by atoms with Crippen LogP contribution in [-0.2, 0) is 9.84 Å². The number of aromatic amines is 1. The number of nitrogens with one attached hydrogen (secondary N) is 2. The first-order valence-corrected chi connectivity index (χ1v) is 14.8. The van der Waals surface area contributed by atoms with Gasteiger partial charge in [0.05, 0.1) is 21.2 Å². The van der Waals surface area contributed by atoms with E-state index in [1.165, 1.54) is 18.4 Å². The van der Waals surface area contributed by atoms with Gasteiger partial charge in [-0.1, -0.05) is 31.2 Å². The molecule has 5 rings (SSSR count). The van der Waals surface area contributed by atoms with Crippen LogP contribution >= 0.6 is 0 Å². The van der Waals surface area contributed by atoms with Gasteiger partial charge in [-0.3, -0.25) is 4.79 Å². The van der Waals surface area contributed by atoms with Crippen molar-refractivity contribution >= 4 is 32.1 Å². The van der Waals surface area contributed by atoms with Crippen LogP contribution in [0.15, 0.2) is 76.6 Å². The highest BCUT2D eigenvalue weighted by Gasteiger charge is 2.21. The largest absolute Gasteiger partial charge is 0.340 e. The molecule has 38 heavy (non-hydrogen) atoms. The van der Waals surface area contributed by atoms with Crippen molar-refractivity contribution in [1.82, 2.24) is 14.9 Å². The van der Waals surface area contributed by atoms with Crippen molar-refractivity contribution < 1.29 is 8.42 Å². The van der Waals surface area contributed by atoms with Crippen LogP contribution in [0.1, 0.15) is 45.1 Å². The second kappa shape index (κ2) is 10.7. The van der Waals surface area contributed by atoms with E-state index in [1.54, 1.807) is 44.3 Å². The normalized spacial score (nSPS) is 15.3. The molecule has 0 aliphatic carbocycles. The number of hydrogen-bond donors (Lipinski definition) is 2. The first kappa shape index (κ1) is 26.1. The standard InChI is InChI=1S/C30H34N4O3S/c1-4-34-17-14-22(15-18-34)21-5-9-25(10-6-21)32-29-28-24(13-16-31-30(28)35)19-27(33-29)23-7-11-26(12-8-23)38(36,37)20(2)3/h5-13,16,19-20,22H,4,14-15,17-18H2,1-3H3,(H,31,35)(H,32,33). The van der Waals surface area contributed by atoms with Crippen LogP contribution in [0.4, 0.5) is 11.5 Å². The van der Waals surface area contributed by atoms with Crippen LogP contribution in [-0.4, -0.2) is 48.2 Å². The molecule has 8 heteroatoms. The van der Waals surface area contributed by atoms with Crippen molar-refractivity contribution in [3.63, 3.8) is 0 Å². The van der Waals surface area contributed by atoms with Crippen molar-refractivity contribution in [1.29, 1.82) is 0 Å². The fourth-order valence-electron chi connectivity index (χ4n) is 5.10. The van der Waals surface area contributed by atoms with Crippen molar-refractivity contribution in [2.45, 2.75) is 49.7 Å². The van der Waals surface area contributed by atoms with E-state index in [1.807, 2.05) is 24.3 Å². The van der Waals surface area contributed by atoms with Gasteiger partial charge in [0.1, 0.15) is 5.82 Å². The topological polar surface area (TPSA) is 95.2 Å². The fourth-order valence-corrected chi connectivity index (χ4v) is 6.16. The number of fused-ring (bicyclic) bond motifs is 1. The number of piperidine rings is 1. The van der Waals surface area contributed by atoms with Gasteiger partial charge in [0.2, 0.25) is 0 Å². The van der Waals surface area contributed by atoms with Crippen LogP contribution in [0.3, 0.4) is 0 Å². The van der Waals surface area contributed by atoms with Crippen molar-refractivity contribution in [2.75, 3.05) is 25.0 Å². The highest BCUT2D eigenvalue weighted by molar-refractivity contribution is 7.92. The summed E-state index contributed by atoms with van der Waals surface area (Å²) in [5.41, 5.74) is 3.39. The zero-order valence-electron chi connectivity index (χ0n) is 22.1. The molecule has 0 radical (unpaired) electrons. The number of nitrogens with zero attached hydrogens (tertiary/aromatic N) is 2. The van der Waals surface area contributed by atoms with Gasteiger partial charge in [0.15, 0.2) is 9.84 Å². The third-order valence-electron chi connectivity index (χ3n) is 7.53. The average molecular weight is 531 g/mol. The van der Waals surface area contributed by atoms with Crippen LogP contribution in [0, 0.1) is 0 Å². The van der Waals surface area contributed by atoms with E-state index in [9.17, 15) is 13.2 Å². The Morgan fingerprint density at radius 1 is 1.03 bits per heavy atom. The van der Waals surface area contributed by atoms with Gasteiger partial charge in [-0.2, -0.15) is 0 Å². The van der Waals surface area contributed by atoms with Crippen molar-refractivity contribution in [2.24, 2.45) is 0 Å². The number of rotatable bonds is 7. The van der Waals surface area contributed by atoms with Gasteiger partial charge in [-0.05, 0) is 99.6 Å². The monoisotopic (exact) mass is 530 g/mol. The molecule has 3 heterocycles. The van der Waals surface area contributed by atoms with E-state index < -0.39 is 15.1 Å². The maximum atomic E-state index is 12.8. The van der Waals surface area contributed by atoms with E-state index in [0.717, 1.165) is 36.3 Å². The Hall–Kier alpha value is -3.49. The molecule has 0 bridgehead atoms. The first-order chi connectivity index (χ1) is 18.3. The average Bonchev–Trinajstić information content (AvgIpc) is 2.93. The molecule has 0 amide bonds. The predicted molar refractivity (Wildman–Crippen MR) is 154 cm³/mol. The van der Waals surface area contributed by atoms with Gasteiger partial charge in [0, 0.05) is 17.4 Å². The summed E-state index contributed by atoms with van der Waals surface area (Å²) in [6.07, 6.45) is 3.96. The summed E-state index contributed by atoms with van der Waals surface area (Å²) in [7, 11) is -3.36. The van der Waals surface area contributed by atoms with Crippen LogP contribution in [0.25, 0.3) is 22.0 Å². The smallest absolute Gasteiger partial charge is 0.259 e. The minimum absolute atomic E-state index is 0.221. The number of H-pyrrole nitrogens is 1. The van der Waals surface area contributed by atoms with E-state index in [-0.39, 0.29) is 10.5 Å². The highest BCUT2D eigenvalue weighted by Crippen LogP contribution is 2.31.